The summed E-state index contributed by atoms with van der Waals surface area (Å²) in [5, 5.41) is 27.9. The molecular formula is C10H21O4Sb. The largest absolute Gasteiger partial charge is 3.00 e. The second-order valence-corrected chi connectivity index (χ2v) is 2.61. The molecule has 0 N–H and O–H groups in total. The van der Waals surface area contributed by atoms with Gasteiger partial charge in [0.25, 0.3) is 0 Å². The van der Waals surface area contributed by atoms with Gasteiger partial charge in [0, 0.05) is 5.97 Å². The van der Waals surface area contributed by atoms with E-state index in [1.807, 2.05) is 13.8 Å². The zero-order valence-corrected chi connectivity index (χ0v) is 12.4. The summed E-state index contributed by atoms with van der Waals surface area (Å²) in [6.45, 7) is 5.18. The number of hydrogen-bond acceptors (Lipinski definition) is 4. The first-order chi connectivity index (χ1) is 6.56. The third-order valence-electron chi connectivity index (χ3n) is 0.996. The fourth-order valence-electron chi connectivity index (χ4n) is 0.289. The van der Waals surface area contributed by atoms with Gasteiger partial charge in [-0.25, -0.2) is 0 Å². The van der Waals surface area contributed by atoms with Crippen LogP contribution in [0.1, 0.15) is 46.5 Å². The van der Waals surface area contributed by atoms with E-state index in [1.54, 1.807) is 0 Å². The Kier molecular flexibility index (Phi) is 47.6. The number of carboxylic acids is 1. The Labute approximate surface area is 110 Å². The summed E-state index contributed by atoms with van der Waals surface area (Å²) >= 11 is 0. The fraction of sp³-hybridized carbons (Fsp3) is 0.900. The molecule has 0 amide bonds. The van der Waals surface area contributed by atoms with Crippen LogP contribution in [0.5, 0.6) is 0 Å². The quantitative estimate of drug-likeness (QED) is 0.599. The molecule has 0 aliphatic rings. The van der Waals surface area contributed by atoms with Crippen molar-refractivity contribution >= 4 is 30.4 Å². The van der Waals surface area contributed by atoms with E-state index in [2.05, 4.69) is 0 Å². The summed E-state index contributed by atoms with van der Waals surface area (Å²) < 4.78 is 0. The Morgan fingerprint density at radius 3 is 1.20 bits per heavy atom. The Bertz CT molecular complexity index is 85.4. The van der Waals surface area contributed by atoms with Crippen molar-refractivity contribution in [2.24, 2.45) is 0 Å². The molecule has 0 aromatic rings. The van der Waals surface area contributed by atoms with Gasteiger partial charge in [0.05, 0.1) is 0 Å². The van der Waals surface area contributed by atoms with Gasteiger partial charge in [-0.3, -0.25) is 0 Å². The van der Waals surface area contributed by atoms with Gasteiger partial charge >= 0.3 is 24.4 Å². The predicted octanol–water partition coefficient (Wildman–Crippen LogP) is -1.33. The van der Waals surface area contributed by atoms with Crippen LogP contribution in [-0.2, 0) is 4.79 Å². The molecular weight excluding hydrogens is 306 g/mol. The maximum Gasteiger partial charge on any atom is 3.00 e. The topological polar surface area (TPSA) is 86.2 Å². The number of carbonyl (C=O) groups is 1. The number of aliphatic carboxylic acids is 1. The van der Waals surface area contributed by atoms with E-state index in [0.717, 1.165) is 32.6 Å². The minimum Gasteiger partial charge on any atom is -0.854 e. The van der Waals surface area contributed by atoms with Crippen molar-refractivity contribution in [1.29, 1.82) is 0 Å². The van der Waals surface area contributed by atoms with E-state index in [9.17, 15) is 10.2 Å². The van der Waals surface area contributed by atoms with Gasteiger partial charge in [0.15, 0.2) is 0 Å². The molecule has 90 valence electrons. The Hall–Kier alpha value is 0.208. The molecule has 0 rings (SSSR count). The SMILES string of the molecule is CC(=O)[O-].CCCC[O-].CCCC[O-].[Sb+3]. The van der Waals surface area contributed by atoms with Crippen molar-refractivity contribution in [3.05, 3.63) is 0 Å². The van der Waals surface area contributed by atoms with Crippen molar-refractivity contribution in [1.82, 2.24) is 0 Å². The minimum atomic E-state index is -1.08. The molecule has 2 radical (unpaired) electrons. The van der Waals surface area contributed by atoms with Gasteiger partial charge in [0.2, 0.25) is 0 Å². The van der Waals surface area contributed by atoms with Crippen LogP contribution in [0.15, 0.2) is 0 Å². The number of rotatable bonds is 4. The minimum absolute atomic E-state index is 0. The third kappa shape index (κ3) is 120. The smallest absolute Gasteiger partial charge is 0.854 e. The first-order valence-electron chi connectivity index (χ1n) is 4.90. The molecule has 0 aromatic heterocycles. The molecule has 15 heavy (non-hydrogen) atoms. The number of carboxylic acid groups (broad SMARTS) is 1. The summed E-state index contributed by atoms with van der Waals surface area (Å²) in [6, 6.07) is 0. The maximum atomic E-state index is 9.53. The van der Waals surface area contributed by atoms with Crippen molar-refractivity contribution in [3.8, 4) is 0 Å². The molecule has 0 aliphatic heterocycles. The number of hydrogen-bond donors (Lipinski definition) is 0. The zero-order valence-electron chi connectivity index (χ0n) is 9.82. The Morgan fingerprint density at radius 2 is 1.20 bits per heavy atom. The van der Waals surface area contributed by atoms with Crippen molar-refractivity contribution in [3.63, 3.8) is 0 Å². The normalized spacial score (nSPS) is 7.27. The van der Waals surface area contributed by atoms with Crippen LogP contribution in [0.2, 0.25) is 0 Å². The van der Waals surface area contributed by atoms with Gasteiger partial charge in [-0.2, -0.15) is 0 Å². The monoisotopic (exact) mass is 326 g/mol. The molecule has 0 fully saturated rings. The third-order valence-corrected chi connectivity index (χ3v) is 0.996. The molecule has 0 saturated heterocycles. The number of carbonyl (C=O) groups excluding carboxylic acids is 1. The van der Waals surface area contributed by atoms with Gasteiger partial charge in [-0.05, 0) is 6.92 Å². The Balaban J connectivity index is -0.0000000590. The standard InChI is InChI=1S/2C4H9O.C2H4O2.Sb/c2*1-2-3-4-5;1-2(3)4;/h2*2-4H2,1H3;1H3,(H,3,4);/q2*-1;;+3/p-1. The van der Waals surface area contributed by atoms with Crippen LogP contribution in [0.3, 0.4) is 0 Å². The molecule has 0 atom stereocenters. The van der Waals surface area contributed by atoms with E-state index in [-0.39, 0.29) is 37.6 Å². The van der Waals surface area contributed by atoms with Crippen LogP contribution < -0.4 is 15.3 Å². The van der Waals surface area contributed by atoms with E-state index in [4.69, 9.17) is 9.90 Å². The maximum absolute atomic E-state index is 9.53. The van der Waals surface area contributed by atoms with Gasteiger partial charge < -0.3 is 20.1 Å². The molecule has 0 aromatic carbocycles. The van der Waals surface area contributed by atoms with Crippen LogP contribution in [0, 0.1) is 0 Å². The van der Waals surface area contributed by atoms with Gasteiger partial charge in [-0.1, -0.05) is 39.5 Å². The summed E-state index contributed by atoms with van der Waals surface area (Å²) in [5.74, 6) is -1.08. The summed E-state index contributed by atoms with van der Waals surface area (Å²) in [6.07, 6.45) is 3.73. The molecule has 5 heteroatoms. The van der Waals surface area contributed by atoms with E-state index >= 15 is 0 Å². The van der Waals surface area contributed by atoms with Gasteiger partial charge in [-0.15, -0.1) is 13.2 Å². The van der Waals surface area contributed by atoms with Crippen molar-refractivity contribution in [2.45, 2.75) is 46.5 Å². The fourth-order valence-corrected chi connectivity index (χ4v) is 0.289. The zero-order chi connectivity index (χ0) is 11.8. The molecule has 4 nitrogen and oxygen atoms in total. The predicted molar refractivity (Wildman–Crippen MR) is 56.0 cm³/mol. The first kappa shape index (κ1) is 24.4. The van der Waals surface area contributed by atoms with Crippen molar-refractivity contribution in [2.75, 3.05) is 13.2 Å². The summed E-state index contributed by atoms with van der Waals surface area (Å²) in [4.78, 5) is 8.89. The van der Waals surface area contributed by atoms with E-state index < -0.39 is 5.97 Å². The molecule has 0 spiro atoms. The molecule has 0 heterocycles. The second-order valence-electron chi connectivity index (χ2n) is 2.61. The van der Waals surface area contributed by atoms with Crippen LogP contribution in [0.4, 0.5) is 0 Å². The molecule has 0 saturated carbocycles. The van der Waals surface area contributed by atoms with Crippen molar-refractivity contribution < 1.29 is 20.1 Å². The average Bonchev–Trinajstić information content (AvgIpc) is 2.07. The second kappa shape index (κ2) is 29.2. The summed E-state index contributed by atoms with van der Waals surface area (Å²) in [7, 11) is 0. The average molecular weight is 327 g/mol. The molecule has 0 unspecified atom stereocenters. The summed E-state index contributed by atoms with van der Waals surface area (Å²) in [5.41, 5.74) is 0. The number of unbranched alkanes of at least 4 members (excludes halogenated alkanes) is 2. The first-order valence-corrected chi connectivity index (χ1v) is 4.90. The van der Waals surface area contributed by atoms with Crippen LogP contribution in [-0.4, -0.2) is 43.6 Å². The molecule has 0 bridgehead atoms. The van der Waals surface area contributed by atoms with Crippen LogP contribution in [0.25, 0.3) is 0 Å². The Morgan fingerprint density at radius 1 is 1.00 bits per heavy atom. The van der Waals surface area contributed by atoms with Gasteiger partial charge in [0.1, 0.15) is 0 Å². The van der Waals surface area contributed by atoms with E-state index in [1.165, 1.54) is 0 Å². The molecule has 0 aliphatic carbocycles. The van der Waals surface area contributed by atoms with E-state index in [0.29, 0.717) is 0 Å². The van der Waals surface area contributed by atoms with Crippen LogP contribution >= 0.6 is 0 Å².